The van der Waals surface area contributed by atoms with Crippen molar-refractivity contribution in [1.82, 2.24) is 0 Å². The first kappa shape index (κ1) is 15.0. The molecular weight excluding hydrogens is 244 g/mol. The lowest BCUT2D eigenvalue weighted by atomic mass is 9.96. The number of hydrogen-bond donors (Lipinski definition) is 1. The summed E-state index contributed by atoms with van der Waals surface area (Å²) in [4.78, 5) is 0. The molecule has 0 unspecified atom stereocenters. The lowest BCUT2D eigenvalue weighted by molar-refractivity contribution is 0.324. The predicted octanol–water partition coefficient (Wildman–Crippen LogP) is 2.67. The van der Waals surface area contributed by atoms with Gasteiger partial charge in [0.15, 0.2) is 11.5 Å². The van der Waals surface area contributed by atoms with Gasteiger partial charge >= 0.3 is 0 Å². The molecule has 0 radical (unpaired) electrons. The highest BCUT2D eigenvalue weighted by atomic mass is 16.5. The normalized spacial score (nSPS) is 10.5. The minimum absolute atomic E-state index is 0.444. The van der Waals surface area contributed by atoms with Gasteiger partial charge in [0.1, 0.15) is 0 Å². The molecule has 0 heterocycles. The zero-order valence-corrected chi connectivity index (χ0v) is 12.0. The molecule has 104 valence electrons. The zero-order valence-electron chi connectivity index (χ0n) is 12.0. The van der Waals surface area contributed by atoms with Gasteiger partial charge in [0.2, 0.25) is 5.75 Å². The molecule has 1 N–H and O–H groups in total. The molecular formula is C14H20N2O3. The molecule has 1 aromatic rings. The molecule has 0 aliphatic rings. The fourth-order valence-electron chi connectivity index (χ4n) is 1.55. The van der Waals surface area contributed by atoms with Gasteiger partial charge < -0.3 is 19.5 Å². The molecule has 0 saturated carbocycles. The molecule has 0 aromatic heterocycles. The first-order valence-electron chi connectivity index (χ1n) is 5.92. The van der Waals surface area contributed by atoms with Gasteiger partial charge in [-0.3, -0.25) is 0 Å². The average Bonchev–Trinajstić information content (AvgIpc) is 2.43. The molecule has 0 saturated heterocycles. The summed E-state index contributed by atoms with van der Waals surface area (Å²) in [5.41, 5.74) is 0.373. The summed E-state index contributed by atoms with van der Waals surface area (Å²) in [6.45, 7) is 4.28. The lowest BCUT2D eigenvalue weighted by Crippen LogP contribution is -2.20. The third-order valence-corrected chi connectivity index (χ3v) is 2.70. The molecule has 0 amide bonds. The maximum absolute atomic E-state index is 9.00. The van der Waals surface area contributed by atoms with Gasteiger partial charge in [-0.15, -0.1) is 0 Å². The summed E-state index contributed by atoms with van der Waals surface area (Å²) in [7, 11) is 4.70. The van der Waals surface area contributed by atoms with Crippen molar-refractivity contribution in [1.29, 1.82) is 5.26 Å². The average molecular weight is 264 g/mol. The fourth-order valence-corrected chi connectivity index (χ4v) is 1.55. The topological polar surface area (TPSA) is 63.5 Å². The molecule has 19 heavy (non-hydrogen) atoms. The first-order valence-corrected chi connectivity index (χ1v) is 5.92. The van der Waals surface area contributed by atoms with Crippen LogP contribution in [0.15, 0.2) is 12.1 Å². The Morgan fingerprint density at radius 1 is 1.11 bits per heavy atom. The van der Waals surface area contributed by atoms with E-state index >= 15 is 0 Å². The van der Waals surface area contributed by atoms with E-state index in [9.17, 15) is 0 Å². The minimum atomic E-state index is -0.444. The number of nitrogens with one attached hydrogen (secondary N) is 1. The monoisotopic (exact) mass is 264 g/mol. The van der Waals surface area contributed by atoms with Crippen LogP contribution in [0.25, 0.3) is 0 Å². The molecule has 0 aliphatic heterocycles. The summed E-state index contributed by atoms with van der Waals surface area (Å²) in [5.74, 6) is 1.72. The van der Waals surface area contributed by atoms with Crippen molar-refractivity contribution in [2.24, 2.45) is 5.41 Å². The Bertz CT molecular complexity index is 453. The molecule has 5 heteroatoms. The second-order valence-corrected chi connectivity index (χ2v) is 4.76. The van der Waals surface area contributed by atoms with E-state index in [0.717, 1.165) is 5.69 Å². The second kappa shape index (κ2) is 6.19. The van der Waals surface area contributed by atoms with Crippen LogP contribution in [0.4, 0.5) is 5.69 Å². The third-order valence-electron chi connectivity index (χ3n) is 2.70. The van der Waals surface area contributed by atoms with Gasteiger partial charge in [-0.25, -0.2) is 0 Å². The highest BCUT2D eigenvalue weighted by Gasteiger charge is 2.18. The van der Waals surface area contributed by atoms with Gasteiger partial charge in [0, 0.05) is 24.4 Å². The van der Waals surface area contributed by atoms with Crippen LogP contribution in [0.3, 0.4) is 0 Å². The summed E-state index contributed by atoms with van der Waals surface area (Å²) < 4.78 is 15.8. The fraction of sp³-hybridized carbons (Fsp3) is 0.500. The SMILES string of the molecule is COc1cc(NCC(C)(C)C#N)cc(OC)c1OC. The standard InChI is InChI=1S/C14H20N2O3/c1-14(2,8-15)9-16-10-6-11(17-3)13(19-5)12(7-10)18-4/h6-7,16H,9H2,1-5H3. The first-order chi connectivity index (χ1) is 8.97. The Morgan fingerprint density at radius 2 is 1.63 bits per heavy atom. The lowest BCUT2D eigenvalue weighted by Gasteiger charge is -2.19. The van der Waals surface area contributed by atoms with E-state index in [1.54, 1.807) is 21.3 Å². The van der Waals surface area contributed by atoms with Crippen LogP contribution in [0.2, 0.25) is 0 Å². The van der Waals surface area contributed by atoms with E-state index in [1.807, 2.05) is 26.0 Å². The number of ether oxygens (including phenoxy) is 3. The van der Waals surface area contributed by atoms with E-state index in [-0.39, 0.29) is 0 Å². The van der Waals surface area contributed by atoms with Gasteiger partial charge in [-0.1, -0.05) is 0 Å². The molecule has 0 aliphatic carbocycles. The maximum Gasteiger partial charge on any atom is 0.203 e. The maximum atomic E-state index is 9.00. The minimum Gasteiger partial charge on any atom is -0.493 e. The zero-order chi connectivity index (χ0) is 14.5. The van der Waals surface area contributed by atoms with Gasteiger partial charge in [-0.2, -0.15) is 5.26 Å². The molecule has 5 nitrogen and oxygen atoms in total. The largest absolute Gasteiger partial charge is 0.493 e. The summed E-state index contributed by atoms with van der Waals surface area (Å²) in [5, 5.41) is 12.2. The quantitative estimate of drug-likeness (QED) is 0.855. The summed E-state index contributed by atoms with van der Waals surface area (Å²) in [6, 6.07) is 5.87. The van der Waals surface area contributed by atoms with Crippen LogP contribution in [0.1, 0.15) is 13.8 Å². The number of nitriles is 1. The number of benzene rings is 1. The Kier molecular flexibility index (Phi) is 4.87. The Hall–Kier alpha value is -2.09. The van der Waals surface area contributed by atoms with E-state index in [4.69, 9.17) is 19.5 Å². The van der Waals surface area contributed by atoms with E-state index in [0.29, 0.717) is 23.8 Å². The molecule has 1 rings (SSSR count). The van der Waals surface area contributed by atoms with E-state index in [2.05, 4.69) is 11.4 Å². The molecule has 0 spiro atoms. The Labute approximate surface area is 114 Å². The number of nitrogens with zero attached hydrogens (tertiary/aromatic N) is 1. The van der Waals surface area contributed by atoms with E-state index in [1.165, 1.54) is 0 Å². The van der Waals surface area contributed by atoms with Crippen LogP contribution in [-0.2, 0) is 0 Å². The number of anilines is 1. The summed E-state index contributed by atoms with van der Waals surface area (Å²) >= 11 is 0. The second-order valence-electron chi connectivity index (χ2n) is 4.76. The Balaban J connectivity index is 3.01. The van der Waals surface area contributed by atoms with E-state index < -0.39 is 5.41 Å². The molecule has 0 bridgehead atoms. The van der Waals surface area contributed by atoms with Crippen molar-refractivity contribution >= 4 is 5.69 Å². The van der Waals surface area contributed by atoms with Crippen LogP contribution < -0.4 is 19.5 Å². The van der Waals surface area contributed by atoms with Crippen LogP contribution in [0.5, 0.6) is 17.2 Å². The van der Waals surface area contributed by atoms with Crippen molar-refractivity contribution in [2.45, 2.75) is 13.8 Å². The van der Waals surface area contributed by atoms with Crippen molar-refractivity contribution in [3.8, 4) is 23.3 Å². The van der Waals surface area contributed by atoms with Gasteiger partial charge in [0.05, 0.1) is 32.8 Å². The number of methoxy groups -OCH3 is 3. The predicted molar refractivity (Wildman–Crippen MR) is 74.0 cm³/mol. The third kappa shape index (κ3) is 3.68. The van der Waals surface area contributed by atoms with Crippen LogP contribution in [0, 0.1) is 16.7 Å². The summed E-state index contributed by atoms with van der Waals surface area (Å²) in [6.07, 6.45) is 0. The molecule has 1 aromatic carbocycles. The number of rotatable bonds is 6. The highest BCUT2D eigenvalue weighted by Crippen LogP contribution is 2.40. The van der Waals surface area contributed by atoms with Crippen LogP contribution in [-0.4, -0.2) is 27.9 Å². The molecule has 0 atom stereocenters. The highest BCUT2D eigenvalue weighted by molar-refractivity contribution is 5.62. The smallest absolute Gasteiger partial charge is 0.203 e. The van der Waals surface area contributed by atoms with Crippen molar-refractivity contribution in [3.05, 3.63) is 12.1 Å². The van der Waals surface area contributed by atoms with Gasteiger partial charge in [-0.05, 0) is 13.8 Å². The molecule has 0 fully saturated rings. The van der Waals surface area contributed by atoms with Gasteiger partial charge in [0.25, 0.3) is 0 Å². The van der Waals surface area contributed by atoms with Crippen molar-refractivity contribution < 1.29 is 14.2 Å². The number of hydrogen-bond acceptors (Lipinski definition) is 5. The van der Waals surface area contributed by atoms with Crippen molar-refractivity contribution in [2.75, 3.05) is 33.2 Å². The Morgan fingerprint density at radius 3 is 2.00 bits per heavy atom. The van der Waals surface area contributed by atoms with Crippen LogP contribution >= 0.6 is 0 Å². The van der Waals surface area contributed by atoms with Crippen molar-refractivity contribution in [3.63, 3.8) is 0 Å².